The van der Waals surface area contributed by atoms with E-state index in [1.165, 1.54) is 4.90 Å². The molecule has 0 aromatic heterocycles. The van der Waals surface area contributed by atoms with Crippen LogP contribution in [0.5, 0.6) is 11.5 Å². The average molecular weight is 570 g/mol. The Morgan fingerprint density at radius 2 is 1.52 bits per heavy atom. The molecule has 0 N–H and O–H groups in total. The van der Waals surface area contributed by atoms with Crippen LogP contribution < -0.4 is 9.47 Å². The van der Waals surface area contributed by atoms with Crippen LogP contribution in [-0.2, 0) is 0 Å². The van der Waals surface area contributed by atoms with Crippen LogP contribution in [0.2, 0.25) is 0 Å². The predicted octanol–water partition coefficient (Wildman–Crippen LogP) is 4.01. The van der Waals surface area contributed by atoms with Crippen LogP contribution in [0.3, 0.4) is 0 Å². The van der Waals surface area contributed by atoms with Gasteiger partial charge in [0.15, 0.2) is 11.5 Å². The predicted molar refractivity (Wildman–Crippen MR) is 160 cm³/mol. The molecule has 2 saturated heterocycles. The Bertz CT molecular complexity index is 1540. The third-order valence-electron chi connectivity index (χ3n) is 8.52. The summed E-state index contributed by atoms with van der Waals surface area (Å²) in [6, 6.07) is 14.7. The zero-order chi connectivity index (χ0) is 28.1. The minimum Gasteiger partial charge on any atom is -0.493 e. The lowest BCUT2D eigenvalue weighted by Crippen LogP contribution is -2.53. The number of hydrogen-bond donors (Lipinski definition) is 0. The third kappa shape index (κ3) is 4.70. The summed E-state index contributed by atoms with van der Waals surface area (Å²) >= 11 is 0. The molecule has 4 heterocycles. The van der Waals surface area contributed by atoms with Crippen molar-refractivity contribution in [1.29, 1.82) is 0 Å². The van der Waals surface area contributed by atoms with E-state index in [-0.39, 0.29) is 37.9 Å². The molecule has 0 spiro atoms. The van der Waals surface area contributed by atoms with E-state index in [0.717, 1.165) is 30.2 Å². The number of rotatable bonds is 6. The normalized spacial score (nSPS) is 20.3. The standard InChI is InChI=1S/C31H31N5O5.CH4/c1-40-26-15-24-25(32-17-21-7-4-10-35(21)31(24)39)16-27(26)41-19-34-13-11-33(12-14-34)18-36-29(37)22-8-2-5-20-6-3-9-23(28(20)22)30(36)38;/h2-3,5-6,8-9,15-17,21H,4,7,10-14,18-19H2,1H3;1H4/t21-;/m0./s1. The van der Waals surface area contributed by atoms with Gasteiger partial charge in [0, 0.05) is 61.5 Å². The lowest BCUT2D eigenvalue weighted by molar-refractivity contribution is 0.0297. The molecule has 7 rings (SSSR count). The zero-order valence-electron chi connectivity index (χ0n) is 22.9. The highest BCUT2D eigenvalue weighted by Crippen LogP contribution is 2.38. The lowest BCUT2D eigenvalue weighted by atomic mass is 9.94. The molecule has 2 fully saturated rings. The van der Waals surface area contributed by atoms with Crippen LogP contribution in [0.15, 0.2) is 53.5 Å². The minimum atomic E-state index is -0.248. The fourth-order valence-corrected chi connectivity index (χ4v) is 6.25. The van der Waals surface area contributed by atoms with Gasteiger partial charge < -0.3 is 14.4 Å². The Kier molecular flexibility index (Phi) is 7.42. The maximum atomic E-state index is 13.3. The molecule has 0 saturated carbocycles. The van der Waals surface area contributed by atoms with Crippen molar-refractivity contribution in [2.75, 3.05) is 53.2 Å². The Balaban J connectivity index is 0.00000316. The monoisotopic (exact) mass is 569 g/mol. The van der Waals surface area contributed by atoms with E-state index in [9.17, 15) is 14.4 Å². The summed E-state index contributed by atoms with van der Waals surface area (Å²) in [5.41, 5.74) is 2.28. The van der Waals surface area contributed by atoms with Gasteiger partial charge in [0.25, 0.3) is 17.7 Å². The van der Waals surface area contributed by atoms with Crippen LogP contribution in [0.4, 0.5) is 5.69 Å². The average Bonchev–Trinajstić information content (AvgIpc) is 3.44. The zero-order valence-corrected chi connectivity index (χ0v) is 22.9. The highest BCUT2D eigenvalue weighted by molar-refractivity contribution is 6.25. The van der Waals surface area contributed by atoms with E-state index in [1.807, 2.05) is 35.4 Å². The summed E-state index contributed by atoms with van der Waals surface area (Å²) in [6.07, 6.45) is 3.78. The number of nitrogens with zero attached hydrogens (tertiary/aromatic N) is 5. The number of benzene rings is 3. The molecule has 1 atom stereocenters. The fraction of sp³-hybridized carbons (Fsp3) is 0.375. The molecule has 4 aliphatic heterocycles. The summed E-state index contributed by atoms with van der Waals surface area (Å²) in [7, 11) is 1.57. The first-order valence-corrected chi connectivity index (χ1v) is 14.0. The van der Waals surface area contributed by atoms with Gasteiger partial charge in [-0.2, -0.15) is 0 Å². The second kappa shape index (κ2) is 11.2. The third-order valence-corrected chi connectivity index (χ3v) is 8.52. The second-order valence-electron chi connectivity index (χ2n) is 10.9. The highest BCUT2D eigenvalue weighted by atomic mass is 16.5. The molecule has 218 valence electrons. The highest BCUT2D eigenvalue weighted by Gasteiger charge is 2.35. The summed E-state index contributed by atoms with van der Waals surface area (Å²) in [5.74, 6) is 0.523. The van der Waals surface area contributed by atoms with E-state index in [2.05, 4.69) is 14.8 Å². The number of hydrogen-bond acceptors (Lipinski definition) is 8. The van der Waals surface area contributed by atoms with Crippen molar-refractivity contribution in [3.63, 3.8) is 0 Å². The number of piperazine rings is 1. The van der Waals surface area contributed by atoms with E-state index in [0.29, 0.717) is 66.8 Å². The molecule has 0 bridgehead atoms. The molecule has 0 aliphatic carbocycles. The van der Waals surface area contributed by atoms with Crippen LogP contribution >= 0.6 is 0 Å². The van der Waals surface area contributed by atoms with Gasteiger partial charge in [-0.25, -0.2) is 0 Å². The molecule has 42 heavy (non-hydrogen) atoms. The first kappa shape index (κ1) is 27.9. The quantitative estimate of drug-likeness (QED) is 0.414. The van der Waals surface area contributed by atoms with Crippen molar-refractivity contribution in [2.24, 2.45) is 4.99 Å². The molecule has 0 radical (unpaired) electrons. The van der Waals surface area contributed by atoms with Gasteiger partial charge >= 0.3 is 0 Å². The Morgan fingerprint density at radius 1 is 0.833 bits per heavy atom. The summed E-state index contributed by atoms with van der Waals surface area (Å²) in [5, 5.41) is 1.65. The molecular formula is C32H35N5O5. The molecule has 10 nitrogen and oxygen atoms in total. The number of aliphatic imine (C=N–C) groups is 1. The van der Waals surface area contributed by atoms with Gasteiger partial charge in [0.2, 0.25) is 0 Å². The van der Waals surface area contributed by atoms with Crippen LogP contribution in [0.25, 0.3) is 10.8 Å². The van der Waals surface area contributed by atoms with Gasteiger partial charge in [-0.3, -0.25) is 34.1 Å². The van der Waals surface area contributed by atoms with Crippen molar-refractivity contribution < 1.29 is 23.9 Å². The summed E-state index contributed by atoms with van der Waals surface area (Å²) < 4.78 is 11.7. The van der Waals surface area contributed by atoms with Crippen LogP contribution in [0.1, 0.15) is 51.3 Å². The number of imide groups is 1. The largest absolute Gasteiger partial charge is 0.493 e. The first-order valence-electron chi connectivity index (χ1n) is 14.0. The molecule has 4 aliphatic rings. The molecule has 3 aromatic rings. The van der Waals surface area contributed by atoms with Crippen molar-refractivity contribution in [3.8, 4) is 11.5 Å². The van der Waals surface area contributed by atoms with Crippen molar-refractivity contribution in [2.45, 2.75) is 26.3 Å². The van der Waals surface area contributed by atoms with Gasteiger partial charge in [0.05, 0.1) is 31.1 Å². The number of methoxy groups -OCH3 is 1. The van der Waals surface area contributed by atoms with Crippen molar-refractivity contribution >= 4 is 40.4 Å². The smallest absolute Gasteiger partial charge is 0.262 e. The first-order chi connectivity index (χ1) is 20.0. The van der Waals surface area contributed by atoms with Gasteiger partial charge in [0.1, 0.15) is 6.73 Å². The van der Waals surface area contributed by atoms with Crippen molar-refractivity contribution in [3.05, 3.63) is 65.2 Å². The molecule has 3 amide bonds. The van der Waals surface area contributed by atoms with E-state index in [1.54, 1.807) is 31.4 Å². The molecule has 10 heteroatoms. The van der Waals surface area contributed by atoms with Gasteiger partial charge in [-0.1, -0.05) is 31.7 Å². The van der Waals surface area contributed by atoms with Crippen LogP contribution in [0, 0.1) is 0 Å². The summed E-state index contributed by atoms with van der Waals surface area (Å²) in [4.78, 5) is 51.8. The fourth-order valence-electron chi connectivity index (χ4n) is 6.25. The van der Waals surface area contributed by atoms with E-state index >= 15 is 0 Å². The van der Waals surface area contributed by atoms with Crippen molar-refractivity contribution in [1.82, 2.24) is 19.6 Å². The Hall–Kier alpha value is -4.28. The molecule has 0 unspecified atom stereocenters. The van der Waals surface area contributed by atoms with E-state index in [4.69, 9.17) is 9.47 Å². The second-order valence-corrected chi connectivity index (χ2v) is 10.9. The number of fused-ring (bicyclic) bond motifs is 2. The topological polar surface area (TPSA) is 95.0 Å². The number of ether oxygens (including phenoxy) is 2. The number of carbonyl (C=O) groups excluding carboxylic acids is 3. The lowest BCUT2D eigenvalue weighted by Gasteiger charge is -2.37. The SMILES string of the molecule is C.COc1cc2c(cc1OCN1CCN(CN3C(=O)c4cccc5cccc(c45)C3=O)CC1)N=C[C@@H]1CCCN1C2=O. The van der Waals surface area contributed by atoms with Gasteiger partial charge in [-0.15, -0.1) is 0 Å². The minimum absolute atomic E-state index is 0. The molecular weight excluding hydrogens is 534 g/mol. The van der Waals surface area contributed by atoms with Gasteiger partial charge in [-0.05, 0) is 36.4 Å². The number of carbonyl (C=O) groups is 3. The Labute approximate surface area is 245 Å². The Morgan fingerprint density at radius 3 is 2.21 bits per heavy atom. The maximum Gasteiger partial charge on any atom is 0.262 e. The molecule has 3 aromatic carbocycles. The summed E-state index contributed by atoms with van der Waals surface area (Å²) in [6.45, 7) is 4.12. The maximum absolute atomic E-state index is 13.3. The number of amides is 3. The van der Waals surface area contributed by atoms with Crippen LogP contribution in [-0.4, -0.2) is 103 Å². The van der Waals surface area contributed by atoms with E-state index < -0.39 is 0 Å².